The van der Waals surface area contributed by atoms with E-state index in [-0.39, 0.29) is 5.41 Å². The molecule has 2 heterocycles. The van der Waals surface area contributed by atoms with Crippen LogP contribution in [-0.4, -0.2) is 24.7 Å². The highest BCUT2D eigenvalue weighted by molar-refractivity contribution is 7.99. The average molecular weight is 325 g/mol. The molecule has 0 fully saturated rings. The van der Waals surface area contributed by atoms with Crippen LogP contribution in [-0.2, 0) is 12.5 Å². The Morgan fingerprint density at radius 2 is 1.74 bits per heavy atom. The maximum Gasteiger partial charge on any atom is 0.197 e. The van der Waals surface area contributed by atoms with Gasteiger partial charge in [-0.2, -0.15) is 0 Å². The van der Waals surface area contributed by atoms with Crippen molar-refractivity contribution in [3.63, 3.8) is 0 Å². The molecular weight excluding hydrogens is 306 g/mol. The van der Waals surface area contributed by atoms with Gasteiger partial charge in [0, 0.05) is 24.2 Å². The summed E-state index contributed by atoms with van der Waals surface area (Å²) in [6, 6.07) is 11.9. The van der Waals surface area contributed by atoms with Crippen molar-refractivity contribution in [3.05, 3.63) is 48.4 Å². The number of hydrogen-bond acceptors (Lipinski definition) is 5. The maximum absolute atomic E-state index is 4.63. The molecule has 2 aromatic heterocycles. The molecule has 0 aliphatic carbocycles. The van der Waals surface area contributed by atoms with Crippen LogP contribution in [0.2, 0.25) is 0 Å². The molecule has 0 saturated heterocycles. The largest absolute Gasteiger partial charge is 0.305 e. The van der Waals surface area contributed by atoms with Gasteiger partial charge in [0.1, 0.15) is 10.9 Å². The summed E-state index contributed by atoms with van der Waals surface area (Å²) in [4.78, 5) is 8.99. The summed E-state index contributed by atoms with van der Waals surface area (Å²) in [5, 5.41) is 10.3. The van der Waals surface area contributed by atoms with Crippen LogP contribution in [0.3, 0.4) is 0 Å². The van der Waals surface area contributed by atoms with E-state index >= 15 is 0 Å². The molecule has 23 heavy (non-hydrogen) atoms. The minimum absolute atomic E-state index is 0.0777. The lowest BCUT2D eigenvalue weighted by molar-refractivity contribution is 0.538. The van der Waals surface area contributed by atoms with Crippen LogP contribution in [0.1, 0.15) is 26.6 Å². The van der Waals surface area contributed by atoms with E-state index in [9.17, 15) is 0 Å². The lowest BCUT2D eigenvalue weighted by Crippen LogP contribution is -2.15. The average Bonchev–Trinajstić information content (AvgIpc) is 2.89. The first-order valence-corrected chi connectivity index (χ1v) is 8.23. The summed E-state index contributed by atoms with van der Waals surface area (Å²) < 4.78 is 1.98. The Morgan fingerprint density at radius 3 is 2.43 bits per heavy atom. The Hall–Kier alpha value is -2.21. The lowest BCUT2D eigenvalue weighted by Gasteiger charge is -2.16. The van der Waals surface area contributed by atoms with Crippen LogP contribution >= 0.6 is 11.8 Å². The van der Waals surface area contributed by atoms with Gasteiger partial charge in [0.05, 0.1) is 0 Å². The van der Waals surface area contributed by atoms with Gasteiger partial charge in [0.2, 0.25) is 0 Å². The molecule has 5 nitrogen and oxygen atoms in total. The molecule has 1 aromatic carbocycles. The standard InChI is InChI=1S/C17H19N5S/c1-17(2,3)15-18-11-10-13(19-15)23-16-21-20-14(22(16)4)12-8-6-5-7-9-12/h5-11H,1-4H3. The molecule has 0 aliphatic rings. The highest BCUT2D eigenvalue weighted by atomic mass is 32.2. The Morgan fingerprint density at radius 1 is 1.00 bits per heavy atom. The molecule has 118 valence electrons. The summed E-state index contributed by atoms with van der Waals surface area (Å²) >= 11 is 1.50. The summed E-state index contributed by atoms with van der Waals surface area (Å²) in [6.07, 6.45) is 1.80. The van der Waals surface area contributed by atoms with Crippen LogP contribution in [0.4, 0.5) is 0 Å². The molecule has 3 rings (SSSR count). The van der Waals surface area contributed by atoms with Gasteiger partial charge in [0.25, 0.3) is 0 Å². The highest BCUT2D eigenvalue weighted by Crippen LogP contribution is 2.28. The molecule has 6 heteroatoms. The fourth-order valence-electron chi connectivity index (χ4n) is 2.10. The molecule has 0 bridgehead atoms. The van der Waals surface area contributed by atoms with Gasteiger partial charge >= 0.3 is 0 Å². The number of hydrogen-bond donors (Lipinski definition) is 0. The second-order valence-electron chi connectivity index (χ2n) is 6.30. The predicted octanol–water partition coefficient (Wildman–Crippen LogP) is 3.72. The third kappa shape index (κ3) is 3.42. The summed E-state index contributed by atoms with van der Waals surface area (Å²) in [7, 11) is 1.97. The topological polar surface area (TPSA) is 56.5 Å². The Kier molecular flexibility index (Phi) is 4.17. The van der Waals surface area contributed by atoms with Crippen molar-refractivity contribution in [2.75, 3.05) is 0 Å². The Bertz CT molecular complexity index is 805. The minimum Gasteiger partial charge on any atom is -0.305 e. The molecule has 0 aliphatic heterocycles. The Labute approximate surface area is 140 Å². The fourth-order valence-corrected chi connectivity index (χ4v) is 2.85. The van der Waals surface area contributed by atoms with Crippen molar-refractivity contribution in [2.45, 2.75) is 36.4 Å². The number of aromatic nitrogens is 5. The van der Waals surface area contributed by atoms with E-state index in [0.29, 0.717) is 0 Å². The van der Waals surface area contributed by atoms with Gasteiger partial charge in [-0.3, -0.25) is 0 Å². The normalized spacial score (nSPS) is 11.7. The third-order valence-corrected chi connectivity index (χ3v) is 4.34. The SMILES string of the molecule is Cn1c(Sc2ccnc(C(C)(C)C)n2)nnc1-c1ccccc1. The van der Waals surface area contributed by atoms with Crippen molar-refractivity contribution in [1.29, 1.82) is 0 Å². The van der Waals surface area contributed by atoms with Gasteiger partial charge in [-0.1, -0.05) is 51.1 Å². The van der Waals surface area contributed by atoms with Gasteiger partial charge in [-0.05, 0) is 17.8 Å². The first-order valence-electron chi connectivity index (χ1n) is 7.41. The Balaban J connectivity index is 1.89. The second kappa shape index (κ2) is 6.12. The van der Waals surface area contributed by atoms with Gasteiger partial charge in [-0.25, -0.2) is 9.97 Å². The zero-order valence-corrected chi connectivity index (χ0v) is 14.5. The second-order valence-corrected chi connectivity index (χ2v) is 7.29. The van der Waals surface area contributed by atoms with Gasteiger partial charge in [-0.15, -0.1) is 10.2 Å². The quantitative estimate of drug-likeness (QED) is 0.687. The van der Waals surface area contributed by atoms with Crippen LogP contribution in [0.25, 0.3) is 11.4 Å². The molecular formula is C17H19N5S. The molecule has 0 amide bonds. The minimum atomic E-state index is -0.0777. The van der Waals surface area contributed by atoms with E-state index in [0.717, 1.165) is 27.4 Å². The highest BCUT2D eigenvalue weighted by Gasteiger charge is 2.18. The van der Waals surface area contributed by atoms with Crippen LogP contribution in [0.5, 0.6) is 0 Å². The van der Waals surface area contributed by atoms with Crippen molar-refractivity contribution >= 4 is 11.8 Å². The summed E-state index contributed by atoms with van der Waals surface area (Å²) in [5.41, 5.74) is 0.971. The van der Waals surface area contributed by atoms with E-state index < -0.39 is 0 Å². The van der Waals surface area contributed by atoms with E-state index in [1.165, 1.54) is 11.8 Å². The maximum atomic E-state index is 4.63. The fraction of sp³-hybridized carbons (Fsp3) is 0.294. The van der Waals surface area contributed by atoms with Crippen molar-refractivity contribution in [2.24, 2.45) is 7.05 Å². The van der Waals surface area contributed by atoms with Crippen molar-refractivity contribution < 1.29 is 0 Å². The zero-order valence-electron chi connectivity index (χ0n) is 13.7. The first-order chi connectivity index (χ1) is 10.9. The molecule has 0 saturated carbocycles. The first kappa shape index (κ1) is 15.7. The third-order valence-electron chi connectivity index (χ3n) is 3.36. The molecule has 0 spiro atoms. The molecule has 0 N–H and O–H groups in total. The molecule has 0 radical (unpaired) electrons. The van der Waals surface area contributed by atoms with Crippen molar-refractivity contribution in [1.82, 2.24) is 24.7 Å². The molecule has 0 atom stereocenters. The van der Waals surface area contributed by atoms with Crippen LogP contribution < -0.4 is 0 Å². The van der Waals surface area contributed by atoms with E-state index in [1.807, 2.05) is 48.0 Å². The summed E-state index contributed by atoms with van der Waals surface area (Å²) in [6.45, 7) is 6.31. The smallest absolute Gasteiger partial charge is 0.197 e. The molecule has 3 aromatic rings. The summed E-state index contributed by atoms with van der Waals surface area (Å²) in [5.74, 6) is 1.67. The lowest BCUT2D eigenvalue weighted by atomic mass is 9.96. The van der Waals surface area contributed by atoms with E-state index in [4.69, 9.17) is 0 Å². The van der Waals surface area contributed by atoms with Crippen molar-refractivity contribution in [3.8, 4) is 11.4 Å². The van der Waals surface area contributed by atoms with E-state index in [2.05, 4.69) is 40.9 Å². The van der Waals surface area contributed by atoms with Gasteiger partial charge in [0.15, 0.2) is 11.0 Å². The predicted molar refractivity (Wildman–Crippen MR) is 91.3 cm³/mol. The zero-order chi connectivity index (χ0) is 16.4. The van der Waals surface area contributed by atoms with Gasteiger partial charge < -0.3 is 4.57 Å². The number of nitrogens with zero attached hydrogens (tertiary/aromatic N) is 5. The molecule has 0 unspecified atom stereocenters. The monoisotopic (exact) mass is 325 g/mol. The van der Waals surface area contributed by atoms with E-state index in [1.54, 1.807) is 6.20 Å². The van der Waals surface area contributed by atoms with Crippen LogP contribution in [0.15, 0.2) is 52.8 Å². The number of benzene rings is 1. The van der Waals surface area contributed by atoms with Crippen LogP contribution in [0, 0.1) is 0 Å². The number of rotatable bonds is 3.